The van der Waals surface area contributed by atoms with Crippen LogP contribution in [0.4, 0.5) is 17.6 Å². The molecule has 0 N–H and O–H groups in total. The second kappa shape index (κ2) is 4.91. The fourth-order valence-electron chi connectivity index (χ4n) is 1.58. The SMILES string of the molecule is CCc1cnc(-c2cncc(F)c2)nc1C(F)(F)F. The molecule has 2 heterocycles. The topological polar surface area (TPSA) is 38.7 Å². The molecule has 0 saturated carbocycles. The highest BCUT2D eigenvalue weighted by Crippen LogP contribution is 2.31. The summed E-state index contributed by atoms with van der Waals surface area (Å²) < 4.78 is 51.5. The van der Waals surface area contributed by atoms with E-state index in [1.54, 1.807) is 6.92 Å². The molecule has 0 aliphatic rings. The summed E-state index contributed by atoms with van der Waals surface area (Å²) in [6.45, 7) is 1.58. The molecule has 3 nitrogen and oxygen atoms in total. The Hall–Kier alpha value is -2.05. The summed E-state index contributed by atoms with van der Waals surface area (Å²) in [5.74, 6) is -0.856. The molecule has 0 spiro atoms. The lowest BCUT2D eigenvalue weighted by atomic mass is 10.1. The molecule has 0 fully saturated rings. The zero-order valence-corrected chi connectivity index (χ0v) is 9.87. The van der Waals surface area contributed by atoms with Gasteiger partial charge in [0, 0.05) is 23.5 Å². The lowest BCUT2D eigenvalue weighted by molar-refractivity contribution is -0.141. The van der Waals surface area contributed by atoms with Crippen molar-refractivity contribution in [3.8, 4) is 11.4 Å². The van der Waals surface area contributed by atoms with Crippen molar-refractivity contribution in [1.82, 2.24) is 15.0 Å². The maximum atomic E-state index is 13.0. The zero-order chi connectivity index (χ0) is 14.0. The summed E-state index contributed by atoms with van der Waals surface area (Å²) >= 11 is 0. The van der Waals surface area contributed by atoms with Crippen molar-refractivity contribution in [1.29, 1.82) is 0 Å². The van der Waals surface area contributed by atoms with Gasteiger partial charge in [-0.25, -0.2) is 14.4 Å². The van der Waals surface area contributed by atoms with Crippen molar-refractivity contribution in [2.45, 2.75) is 19.5 Å². The van der Waals surface area contributed by atoms with Crippen LogP contribution in [0.1, 0.15) is 18.2 Å². The third-order valence-electron chi connectivity index (χ3n) is 2.48. The van der Waals surface area contributed by atoms with E-state index in [2.05, 4.69) is 15.0 Å². The third-order valence-corrected chi connectivity index (χ3v) is 2.48. The Morgan fingerprint density at radius 1 is 1.16 bits per heavy atom. The fourth-order valence-corrected chi connectivity index (χ4v) is 1.58. The van der Waals surface area contributed by atoms with E-state index in [1.807, 2.05) is 0 Å². The number of hydrogen-bond donors (Lipinski definition) is 0. The molecule has 0 amide bonds. The molecular formula is C12H9F4N3. The van der Waals surface area contributed by atoms with Gasteiger partial charge in [0.2, 0.25) is 0 Å². The van der Waals surface area contributed by atoms with Gasteiger partial charge in [-0.2, -0.15) is 13.2 Å². The average Bonchev–Trinajstić information content (AvgIpc) is 2.37. The van der Waals surface area contributed by atoms with Gasteiger partial charge in [0.1, 0.15) is 5.82 Å². The molecule has 0 aromatic carbocycles. The van der Waals surface area contributed by atoms with Crippen molar-refractivity contribution in [3.05, 3.63) is 41.7 Å². The predicted octanol–water partition coefficient (Wildman–Crippen LogP) is 3.26. The van der Waals surface area contributed by atoms with E-state index < -0.39 is 17.7 Å². The monoisotopic (exact) mass is 271 g/mol. The van der Waals surface area contributed by atoms with E-state index in [0.29, 0.717) is 0 Å². The number of aromatic nitrogens is 3. The number of rotatable bonds is 2. The second-order valence-electron chi connectivity index (χ2n) is 3.81. The molecule has 0 atom stereocenters. The Morgan fingerprint density at radius 2 is 1.89 bits per heavy atom. The number of hydrogen-bond acceptors (Lipinski definition) is 3. The van der Waals surface area contributed by atoms with Gasteiger partial charge in [0.15, 0.2) is 11.5 Å². The van der Waals surface area contributed by atoms with Crippen LogP contribution >= 0.6 is 0 Å². The van der Waals surface area contributed by atoms with E-state index in [1.165, 1.54) is 6.20 Å². The van der Waals surface area contributed by atoms with Crippen molar-refractivity contribution >= 4 is 0 Å². The van der Waals surface area contributed by atoms with Gasteiger partial charge in [-0.05, 0) is 12.5 Å². The Morgan fingerprint density at radius 3 is 2.47 bits per heavy atom. The molecule has 100 valence electrons. The summed E-state index contributed by atoms with van der Waals surface area (Å²) in [6.07, 6.45) is -1.13. The quantitative estimate of drug-likeness (QED) is 0.787. The van der Waals surface area contributed by atoms with Crippen LogP contribution in [0.25, 0.3) is 11.4 Å². The second-order valence-corrected chi connectivity index (χ2v) is 3.81. The van der Waals surface area contributed by atoms with E-state index in [4.69, 9.17) is 0 Å². The van der Waals surface area contributed by atoms with E-state index in [9.17, 15) is 17.6 Å². The van der Waals surface area contributed by atoms with Gasteiger partial charge in [0.05, 0.1) is 6.20 Å². The Balaban J connectivity index is 2.55. The van der Waals surface area contributed by atoms with Crippen LogP contribution in [0.2, 0.25) is 0 Å². The largest absolute Gasteiger partial charge is 0.433 e. The molecule has 7 heteroatoms. The van der Waals surface area contributed by atoms with Crippen LogP contribution in [0.5, 0.6) is 0 Å². The highest BCUT2D eigenvalue weighted by Gasteiger charge is 2.35. The number of alkyl halides is 3. The molecule has 0 aliphatic carbocycles. The maximum Gasteiger partial charge on any atom is 0.433 e. The first-order chi connectivity index (χ1) is 8.91. The van der Waals surface area contributed by atoms with Crippen LogP contribution in [-0.4, -0.2) is 15.0 Å². The summed E-state index contributed by atoms with van der Waals surface area (Å²) in [5, 5.41) is 0. The van der Waals surface area contributed by atoms with Gasteiger partial charge >= 0.3 is 6.18 Å². The first kappa shape index (κ1) is 13.4. The van der Waals surface area contributed by atoms with Gasteiger partial charge in [-0.1, -0.05) is 6.92 Å². The number of nitrogens with zero attached hydrogens (tertiary/aromatic N) is 3. The van der Waals surface area contributed by atoms with Crippen LogP contribution in [-0.2, 0) is 12.6 Å². The number of pyridine rings is 1. The molecule has 2 aromatic heterocycles. The molecule has 2 rings (SSSR count). The molecule has 19 heavy (non-hydrogen) atoms. The van der Waals surface area contributed by atoms with Gasteiger partial charge < -0.3 is 0 Å². The first-order valence-electron chi connectivity index (χ1n) is 5.46. The lowest BCUT2D eigenvalue weighted by Crippen LogP contribution is -2.13. The van der Waals surface area contributed by atoms with Gasteiger partial charge in [-0.3, -0.25) is 4.98 Å². The fraction of sp³-hybridized carbons (Fsp3) is 0.250. The summed E-state index contributed by atoms with van der Waals surface area (Å²) in [7, 11) is 0. The maximum absolute atomic E-state index is 13.0. The van der Waals surface area contributed by atoms with Crippen LogP contribution in [0, 0.1) is 5.82 Å². The van der Waals surface area contributed by atoms with Gasteiger partial charge in [-0.15, -0.1) is 0 Å². The lowest BCUT2D eigenvalue weighted by Gasteiger charge is -2.11. The summed E-state index contributed by atoms with van der Waals surface area (Å²) in [6, 6.07) is 1.04. The van der Waals surface area contributed by atoms with Crippen molar-refractivity contribution < 1.29 is 17.6 Å². The van der Waals surface area contributed by atoms with Crippen LogP contribution in [0.3, 0.4) is 0 Å². The van der Waals surface area contributed by atoms with E-state index >= 15 is 0 Å². The number of aryl methyl sites for hydroxylation is 1. The predicted molar refractivity (Wildman–Crippen MR) is 59.6 cm³/mol. The first-order valence-corrected chi connectivity index (χ1v) is 5.46. The minimum absolute atomic E-state index is 0.000567. The molecule has 0 radical (unpaired) electrons. The van der Waals surface area contributed by atoms with Crippen LogP contribution < -0.4 is 0 Å². The smallest absolute Gasteiger partial charge is 0.261 e. The Labute approximate surface area is 106 Å². The van der Waals surface area contributed by atoms with Crippen LogP contribution in [0.15, 0.2) is 24.7 Å². The number of halogens is 4. The van der Waals surface area contributed by atoms with Gasteiger partial charge in [0.25, 0.3) is 0 Å². The van der Waals surface area contributed by atoms with Crippen molar-refractivity contribution in [3.63, 3.8) is 0 Å². The standard InChI is InChI=1S/C12H9F4N3/c1-2-7-5-18-11(19-10(7)12(14,15)16)8-3-9(13)6-17-4-8/h3-6H,2H2,1H3. The highest BCUT2D eigenvalue weighted by molar-refractivity contribution is 5.53. The molecule has 0 aliphatic heterocycles. The van der Waals surface area contributed by atoms with E-state index in [0.717, 1.165) is 18.5 Å². The molecule has 0 unspecified atom stereocenters. The molecule has 2 aromatic rings. The summed E-state index contributed by atoms with van der Waals surface area (Å²) in [4.78, 5) is 10.9. The average molecular weight is 271 g/mol. The van der Waals surface area contributed by atoms with Crippen molar-refractivity contribution in [2.75, 3.05) is 0 Å². The minimum Gasteiger partial charge on any atom is -0.261 e. The summed E-state index contributed by atoms with van der Waals surface area (Å²) in [5.41, 5.74) is -0.891. The normalized spacial score (nSPS) is 11.6. The third kappa shape index (κ3) is 2.86. The Kier molecular flexibility index (Phi) is 3.46. The zero-order valence-electron chi connectivity index (χ0n) is 9.87. The molecule has 0 bridgehead atoms. The Bertz CT molecular complexity index is 596. The molecular weight excluding hydrogens is 262 g/mol. The minimum atomic E-state index is -4.57. The van der Waals surface area contributed by atoms with E-state index in [-0.39, 0.29) is 23.4 Å². The van der Waals surface area contributed by atoms with Crippen molar-refractivity contribution in [2.24, 2.45) is 0 Å². The molecule has 0 saturated heterocycles. The highest BCUT2D eigenvalue weighted by atomic mass is 19.4.